The molecule has 3 N–H and O–H groups in total. The number of nitrogens with zero attached hydrogens (tertiary/aromatic N) is 7. The highest BCUT2D eigenvalue weighted by Gasteiger charge is 2.26. The van der Waals surface area contributed by atoms with Crippen molar-refractivity contribution >= 4 is 45.5 Å². The first-order valence-corrected chi connectivity index (χ1v) is 14.1. The summed E-state index contributed by atoms with van der Waals surface area (Å²) >= 11 is 9.54. The van der Waals surface area contributed by atoms with Crippen LogP contribution in [-0.2, 0) is 17.9 Å². The number of carbonyl (C=O) groups excluding carboxylic acids is 1. The molecule has 0 unspecified atom stereocenters. The Balaban J connectivity index is 1.33. The zero-order chi connectivity index (χ0) is 29.5. The van der Waals surface area contributed by atoms with Crippen molar-refractivity contribution in [1.29, 1.82) is 0 Å². The summed E-state index contributed by atoms with van der Waals surface area (Å²) in [6, 6.07) is 11.0. The molecule has 4 aromatic rings. The van der Waals surface area contributed by atoms with E-state index in [0.717, 1.165) is 5.56 Å². The largest absolute Gasteiger partial charge is 0.490 e. The van der Waals surface area contributed by atoms with E-state index in [4.69, 9.17) is 36.2 Å². The van der Waals surface area contributed by atoms with E-state index in [9.17, 15) is 4.79 Å². The van der Waals surface area contributed by atoms with Crippen molar-refractivity contribution in [1.82, 2.24) is 35.6 Å². The van der Waals surface area contributed by atoms with E-state index in [-0.39, 0.29) is 17.3 Å². The van der Waals surface area contributed by atoms with Gasteiger partial charge in [0.1, 0.15) is 12.3 Å². The molecule has 0 aliphatic carbocycles. The van der Waals surface area contributed by atoms with Crippen molar-refractivity contribution in [2.75, 3.05) is 38.6 Å². The fourth-order valence-electron chi connectivity index (χ4n) is 4.12. The van der Waals surface area contributed by atoms with E-state index in [1.807, 2.05) is 19.1 Å². The number of ether oxygens (including phenoxy) is 3. The van der Waals surface area contributed by atoms with E-state index < -0.39 is 5.91 Å². The molecule has 42 heavy (non-hydrogen) atoms. The summed E-state index contributed by atoms with van der Waals surface area (Å²) in [5.74, 6) is 0.479. The van der Waals surface area contributed by atoms with Crippen LogP contribution in [0.5, 0.6) is 11.5 Å². The van der Waals surface area contributed by atoms with E-state index in [2.05, 4.69) is 52.0 Å². The summed E-state index contributed by atoms with van der Waals surface area (Å²) in [6.45, 7) is 5.54. The molecule has 0 radical (unpaired) electrons. The maximum atomic E-state index is 13.4. The van der Waals surface area contributed by atoms with Crippen molar-refractivity contribution in [3.05, 3.63) is 68.4 Å². The van der Waals surface area contributed by atoms with Gasteiger partial charge in [-0.3, -0.25) is 9.69 Å². The molecule has 16 heteroatoms. The molecule has 0 saturated carbocycles. The number of rotatable bonds is 11. The molecule has 14 nitrogen and oxygen atoms in total. The van der Waals surface area contributed by atoms with Gasteiger partial charge in [-0.15, -0.1) is 5.10 Å². The highest BCUT2D eigenvalue weighted by molar-refractivity contribution is 9.10. The second-order valence-corrected chi connectivity index (χ2v) is 10.3. The fourth-order valence-corrected chi connectivity index (χ4v) is 4.82. The van der Waals surface area contributed by atoms with Crippen LogP contribution in [0, 0.1) is 0 Å². The number of anilines is 1. The molecule has 1 fully saturated rings. The second kappa shape index (κ2) is 13.7. The number of morpholine rings is 1. The SMILES string of the molecule is CCOc1cc(/C=N\NC(=O)c2c(CN3CCOCC3)nnn2-c2nonc2N)cc(Br)c1OCc1ccc(Cl)cc1. The standard InChI is InChI=1S/C26H27BrClN9O5/c1-2-40-21-12-17(11-19(27)23(21)41-15-16-3-5-18(28)6-4-16)13-30-32-26(38)22-20(14-36-7-9-39-10-8-36)31-35-37(22)25-24(29)33-42-34-25/h3-6,11-13H,2,7-10,14-15H2,1H3,(H2,29,33)(H,32,38)/b30-13-. The summed E-state index contributed by atoms with van der Waals surface area (Å²) in [6.07, 6.45) is 1.48. The zero-order valence-corrected chi connectivity index (χ0v) is 24.8. The van der Waals surface area contributed by atoms with Gasteiger partial charge in [-0.05, 0) is 68.6 Å². The van der Waals surface area contributed by atoms with E-state index in [1.165, 1.54) is 10.9 Å². The predicted octanol–water partition coefficient (Wildman–Crippen LogP) is 3.22. The van der Waals surface area contributed by atoms with Crippen LogP contribution in [0.1, 0.15) is 34.2 Å². The lowest BCUT2D eigenvalue weighted by Gasteiger charge is -2.25. The van der Waals surface area contributed by atoms with Crippen molar-refractivity contribution in [3.8, 4) is 17.3 Å². The quantitative estimate of drug-likeness (QED) is 0.179. The van der Waals surface area contributed by atoms with Crippen LogP contribution in [0.15, 0.2) is 50.6 Å². The monoisotopic (exact) mass is 659 g/mol. The smallest absolute Gasteiger partial charge is 0.292 e. The molecule has 2 aromatic heterocycles. The van der Waals surface area contributed by atoms with Gasteiger partial charge in [0, 0.05) is 24.7 Å². The number of hydrogen-bond donors (Lipinski definition) is 2. The predicted molar refractivity (Wildman–Crippen MR) is 156 cm³/mol. The van der Waals surface area contributed by atoms with Crippen molar-refractivity contribution < 1.29 is 23.6 Å². The van der Waals surface area contributed by atoms with Crippen LogP contribution in [0.3, 0.4) is 0 Å². The lowest BCUT2D eigenvalue weighted by molar-refractivity contribution is 0.0335. The molecular formula is C26H27BrClN9O5. The first kappa shape index (κ1) is 29.4. The van der Waals surface area contributed by atoms with E-state index in [0.29, 0.717) is 78.3 Å². The van der Waals surface area contributed by atoms with Gasteiger partial charge in [-0.2, -0.15) is 9.78 Å². The summed E-state index contributed by atoms with van der Waals surface area (Å²) in [7, 11) is 0. The third kappa shape index (κ3) is 7.05. The highest BCUT2D eigenvalue weighted by Crippen LogP contribution is 2.37. The molecule has 3 heterocycles. The number of aromatic nitrogens is 5. The van der Waals surface area contributed by atoms with Crippen LogP contribution < -0.4 is 20.6 Å². The van der Waals surface area contributed by atoms with Crippen LogP contribution in [0.4, 0.5) is 5.82 Å². The Morgan fingerprint density at radius 3 is 2.71 bits per heavy atom. The Labute approximate surface area is 253 Å². The number of nitrogens with two attached hydrogens (primary N) is 1. The van der Waals surface area contributed by atoms with Crippen LogP contribution in [0.25, 0.3) is 5.82 Å². The van der Waals surface area contributed by atoms with Gasteiger partial charge in [0.25, 0.3) is 5.91 Å². The summed E-state index contributed by atoms with van der Waals surface area (Å²) in [5, 5.41) is 20.4. The van der Waals surface area contributed by atoms with Gasteiger partial charge in [0.15, 0.2) is 17.2 Å². The summed E-state index contributed by atoms with van der Waals surface area (Å²) in [5.41, 5.74) is 10.5. The lowest BCUT2D eigenvalue weighted by atomic mass is 10.2. The minimum atomic E-state index is -0.575. The molecule has 1 aliphatic rings. The number of amides is 1. The minimum absolute atomic E-state index is 0.0398. The number of hydrogen-bond acceptors (Lipinski definition) is 12. The molecule has 2 aromatic carbocycles. The number of nitrogens with one attached hydrogen (secondary N) is 1. The van der Waals surface area contributed by atoms with Gasteiger partial charge in [0.2, 0.25) is 11.6 Å². The maximum absolute atomic E-state index is 13.4. The fraction of sp³-hybridized carbons (Fsp3) is 0.308. The van der Waals surface area contributed by atoms with E-state index >= 15 is 0 Å². The van der Waals surface area contributed by atoms with Crippen molar-refractivity contribution in [2.45, 2.75) is 20.1 Å². The van der Waals surface area contributed by atoms with Gasteiger partial charge in [-0.25, -0.2) is 10.1 Å². The molecular weight excluding hydrogens is 634 g/mol. The van der Waals surface area contributed by atoms with Crippen LogP contribution in [0.2, 0.25) is 5.02 Å². The van der Waals surface area contributed by atoms with Gasteiger partial charge in [-0.1, -0.05) is 28.9 Å². The number of hydrazone groups is 1. The van der Waals surface area contributed by atoms with Crippen LogP contribution in [-0.4, -0.2) is 75.2 Å². The average Bonchev–Trinajstić information content (AvgIpc) is 3.59. The van der Waals surface area contributed by atoms with Crippen LogP contribution >= 0.6 is 27.5 Å². The maximum Gasteiger partial charge on any atom is 0.292 e. The molecule has 0 bridgehead atoms. The van der Waals surface area contributed by atoms with Crippen molar-refractivity contribution in [2.24, 2.45) is 5.10 Å². The van der Waals surface area contributed by atoms with Gasteiger partial charge >= 0.3 is 0 Å². The summed E-state index contributed by atoms with van der Waals surface area (Å²) in [4.78, 5) is 15.5. The Hall–Kier alpha value is -4.05. The first-order valence-electron chi connectivity index (χ1n) is 12.9. The molecule has 1 saturated heterocycles. The third-order valence-electron chi connectivity index (χ3n) is 6.14. The molecule has 1 amide bonds. The number of benzene rings is 2. The van der Waals surface area contributed by atoms with Gasteiger partial charge in [0.05, 0.1) is 30.5 Å². The Morgan fingerprint density at radius 2 is 2.00 bits per heavy atom. The van der Waals surface area contributed by atoms with Gasteiger partial charge < -0.3 is 19.9 Å². The van der Waals surface area contributed by atoms with Crippen molar-refractivity contribution in [3.63, 3.8) is 0 Å². The van der Waals surface area contributed by atoms with E-state index in [1.54, 1.807) is 24.3 Å². The molecule has 0 spiro atoms. The minimum Gasteiger partial charge on any atom is -0.490 e. The highest BCUT2D eigenvalue weighted by atomic mass is 79.9. The Kier molecular flexibility index (Phi) is 9.63. The normalized spacial score (nSPS) is 13.9. The second-order valence-electron chi connectivity index (χ2n) is 9.04. The number of nitrogen functional groups attached to an aromatic ring is 1. The average molecular weight is 661 g/mol. The molecule has 5 rings (SSSR count). The lowest BCUT2D eigenvalue weighted by Crippen LogP contribution is -2.36. The third-order valence-corrected chi connectivity index (χ3v) is 6.98. The first-order chi connectivity index (χ1) is 20.4. The summed E-state index contributed by atoms with van der Waals surface area (Å²) < 4.78 is 23.8. The Morgan fingerprint density at radius 1 is 1.21 bits per heavy atom. The molecule has 1 aliphatic heterocycles. The Bertz CT molecular complexity index is 1550. The molecule has 0 atom stereocenters. The number of carbonyl (C=O) groups is 1. The number of halogens is 2. The molecule has 220 valence electrons. The topological polar surface area (TPSA) is 168 Å². The zero-order valence-electron chi connectivity index (χ0n) is 22.5.